The van der Waals surface area contributed by atoms with Crippen LogP contribution in [-0.2, 0) is 17.9 Å². The number of ether oxygens (including phenoxy) is 1. The minimum Gasteiger partial charge on any atom is -0.457 e. The zero-order chi connectivity index (χ0) is 12.4. The second kappa shape index (κ2) is 4.53. The molecule has 0 unspecified atom stereocenters. The van der Waals surface area contributed by atoms with E-state index in [1.807, 2.05) is 48.5 Å². The second-order valence-corrected chi connectivity index (χ2v) is 4.29. The molecule has 1 aliphatic heterocycles. The van der Waals surface area contributed by atoms with Crippen molar-refractivity contribution in [3.8, 4) is 0 Å². The second-order valence-electron chi connectivity index (χ2n) is 4.29. The van der Waals surface area contributed by atoms with Crippen LogP contribution in [0.25, 0.3) is 0 Å². The van der Waals surface area contributed by atoms with Crippen molar-refractivity contribution in [1.29, 1.82) is 0 Å². The van der Waals surface area contributed by atoms with Gasteiger partial charge in [0.25, 0.3) is 0 Å². The molecule has 3 rings (SSSR count). The maximum atomic E-state index is 11.3. The van der Waals surface area contributed by atoms with Crippen molar-refractivity contribution in [2.75, 3.05) is 5.32 Å². The molecule has 0 atom stereocenters. The Morgan fingerprint density at radius 1 is 1.11 bits per heavy atom. The first kappa shape index (κ1) is 10.8. The van der Waals surface area contributed by atoms with Crippen molar-refractivity contribution in [2.45, 2.75) is 13.2 Å². The molecule has 0 radical (unpaired) electrons. The molecule has 1 heterocycles. The maximum absolute atomic E-state index is 11.3. The van der Waals surface area contributed by atoms with E-state index in [4.69, 9.17) is 4.74 Å². The summed E-state index contributed by atoms with van der Waals surface area (Å²) in [5.74, 6) is -0.215. The van der Waals surface area contributed by atoms with Gasteiger partial charge in [-0.3, -0.25) is 0 Å². The van der Waals surface area contributed by atoms with Gasteiger partial charge in [0.05, 0.1) is 5.56 Å². The summed E-state index contributed by atoms with van der Waals surface area (Å²) in [7, 11) is 0. The molecular weight excluding hydrogens is 226 g/mol. The number of carbonyl (C=O) groups is 1. The lowest BCUT2D eigenvalue weighted by atomic mass is 10.1. The first-order valence-electron chi connectivity index (χ1n) is 5.91. The first-order chi connectivity index (χ1) is 8.83. The Morgan fingerprint density at radius 2 is 1.94 bits per heavy atom. The van der Waals surface area contributed by atoms with Gasteiger partial charge in [0.1, 0.15) is 6.61 Å². The summed E-state index contributed by atoms with van der Waals surface area (Å²) < 4.78 is 4.98. The summed E-state index contributed by atoms with van der Waals surface area (Å²) >= 11 is 0. The fourth-order valence-electron chi connectivity index (χ4n) is 2.06. The standard InChI is InChI=1S/C15H13NO2/c17-15-14-7-6-11(8-12(14)10-18-15)9-16-13-4-2-1-3-5-13/h1-8,16H,9-10H2. The number of rotatable bonds is 3. The summed E-state index contributed by atoms with van der Waals surface area (Å²) in [6.45, 7) is 1.14. The predicted molar refractivity (Wildman–Crippen MR) is 69.3 cm³/mol. The quantitative estimate of drug-likeness (QED) is 0.837. The molecule has 0 spiro atoms. The third kappa shape index (κ3) is 2.07. The maximum Gasteiger partial charge on any atom is 0.338 e. The molecule has 2 aromatic rings. The van der Waals surface area contributed by atoms with E-state index in [0.29, 0.717) is 12.2 Å². The van der Waals surface area contributed by atoms with Crippen molar-refractivity contribution in [2.24, 2.45) is 0 Å². The third-order valence-corrected chi connectivity index (χ3v) is 3.02. The van der Waals surface area contributed by atoms with Crippen LogP contribution in [0.5, 0.6) is 0 Å². The van der Waals surface area contributed by atoms with Crippen LogP contribution >= 0.6 is 0 Å². The van der Waals surface area contributed by atoms with E-state index < -0.39 is 0 Å². The van der Waals surface area contributed by atoms with Gasteiger partial charge in [-0.15, -0.1) is 0 Å². The zero-order valence-electron chi connectivity index (χ0n) is 9.85. The van der Waals surface area contributed by atoms with Gasteiger partial charge in [0.15, 0.2) is 0 Å². The van der Waals surface area contributed by atoms with Gasteiger partial charge in [-0.1, -0.05) is 24.3 Å². The number of cyclic esters (lactones) is 1. The molecule has 2 aromatic carbocycles. The van der Waals surface area contributed by atoms with E-state index in [1.165, 1.54) is 0 Å². The molecule has 3 nitrogen and oxygen atoms in total. The van der Waals surface area contributed by atoms with Crippen LogP contribution < -0.4 is 5.32 Å². The zero-order valence-corrected chi connectivity index (χ0v) is 9.85. The Balaban J connectivity index is 1.73. The average molecular weight is 239 g/mol. The van der Waals surface area contributed by atoms with Gasteiger partial charge in [-0.2, -0.15) is 0 Å². The molecule has 0 bridgehead atoms. The van der Waals surface area contributed by atoms with E-state index in [-0.39, 0.29) is 5.97 Å². The first-order valence-corrected chi connectivity index (χ1v) is 5.91. The number of hydrogen-bond donors (Lipinski definition) is 1. The molecular formula is C15H13NO2. The summed E-state index contributed by atoms with van der Waals surface area (Å²) in [5, 5.41) is 3.34. The van der Waals surface area contributed by atoms with E-state index in [2.05, 4.69) is 5.32 Å². The van der Waals surface area contributed by atoms with Crippen LogP contribution in [0, 0.1) is 0 Å². The minimum absolute atomic E-state index is 0.215. The monoisotopic (exact) mass is 239 g/mol. The van der Waals surface area contributed by atoms with Crippen molar-refractivity contribution in [1.82, 2.24) is 0 Å². The average Bonchev–Trinajstić information content (AvgIpc) is 2.79. The third-order valence-electron chi connectivity index (χ3n) is 3.02. The number of anilines is 1. The Bertz CT molecular complexity index is 578. The smallest absolute Gasteiger partial charge is 0.338 e. The Morgan fingerprint density at radius 3 is 2.78 bits per heavy atom. The van der Waals surface area contributed by atoms with Crippen LogP contribution in [0.3, 0.4) is 0 Å². The highest BCUT2D eigenvalue weighted by Crippen LogP contribution is 2.21. The number of nitrogens with one attached hydrogen (secondary N) is 1. The van der Waals surface area contributed by atoms with Crippen molar-refractivity contribution >= 4 is 11.7 Å². The predicted octanol–water partition coefficient (Wildman–Crippen LogP) is 2.97. The van der Waals surface area contributed by atoms with E-state index in [1.54, 1.807) is 0 Å². The summed E-state index contributed by atoms with van der Waals surface area (Å²) in [6, 6.07) is 15.9. The van der Waals surface area contributed by atoms with Crippen molar-refractivity contribution < 1.29 is 9.53 Å². The summed E-state index contributed by atoms with van der Waals surface area (Å²) in [6.07, 6.45) is 0. The molecule has 1 aliphatic rings. The molecule has 0 fully saturated rings. The molecule has 0 aromatic heterocycles. The van der Waals surface area contributed by atoms with Gasteiger partial charge in [0, 0.05) is 17.8 Å². The normalized spacial score (nSPS) is 13.0. The number of fused-ring (bicyclic) bond motifs is 1. The SMILES string of the molecule is O=C1OCc2cc(CNc3ccccc3)ccc21. The van der Waals surface area contributed by atoms with Gasteiger partial charge >= 0.3 is 5.97 Å². The number of hydrogen-bond acceptors (Lipinski definition) is 3. The van der Waals surface area contributed by atoms with E-state index in [9.17, 15) is 4.79 Å². The summed E-state index contributed by atoms with van der Waals surface area (Å²) in [4.78, 5) is 11.3. The lowest BCUT2D eigenvalue weighted by Gasteiger charge is -2.07. The van der Waals surface area contributed by atoms with Crippen LogP contribution in [-0.4, -0.2) is 5.97 Å². The molecule has 0 saturated heterocycles. The molecule has 0 aliphatic carbocycles. The van der Waals surface area contributed by atoms with E-state index >= 15 is 0 Å². The number of carbonyl (C=O) groups excluding carboxylic acids is 1. The highest BCUT2D eigenvalue weighted by atomic mass is 16.5. The lowest BCUT2D eigenvalue weighted by Crippen LogP contribution is -2.00. The fraction of sp³-hybridized carbons (Fsp3) is 0.133. The Kier molecular flexibility index (Phi) is 2.73. The topological polar surface area (TPSA) is 38.3 Å². The lowest BCUT2D eigenvalue weighted by molar-refractivity contribution is 0.0535. The fourth-order valence-corrected chi connectivity index (χ4v) is 2.06. The minimum atomic E-state index is -0.215. The highest BCUT2D eigenvalue weighted by Gasteiger charge is 2.20. The van der Waals surface area contributed by atoms with Crippen LogP contribution in [0.4, 0.5) is 5.69 Å². The molecule has 0 amide bonds. The molecule has 3 heteroatoms. The molecule has 18 heavy (non-hydrogen) atoms. The van der Waals surface area contributed by atoms with Crippen LogP contribution in [0.2, 0.25) is 0 Å². The van der Waals surface area contributed by atoms with E-state index in [0.717, 1.165) is 23.4 Å². The largest absolute Gasteiger partial charge is 0.457 e. The highest BCUT2D eigenvalue weighted by molar-refractivity contribution is 5.93. The van der Waals surface area contributed by atoms with Gasteiger partial charge in [-0.25, -0.2) is 4.79 Å². The van der Waals surface area contributed by atoms with Crippen LogP contribution in [0.15, 0.2) is 48.5 Å². The Labute approximate surface area is 105 Å². The summed E-state index contributed by atoms with van der Waals surface area (Å²) in [5.41, 5.74) is 3.91. The number of esters is 1. The van der Waals surface area contributed by atoms with Crippen molar-refractivity contribution in [3.63, 3.8) is 0 Å². The number of benzene rings is 2. The molecule has 0 saturated carbocycles. The van der Waals surface area contributed by atoms with Gasteiger partial charge in [0.2, 0.25) is 0 Å². The molecule has 90 valence electrons. The molecule has 1 N–H and O–H groups in total. The van der Waals surface area contributed by atoms with Crippen LogP contribution in [0.1, 0.15) is 21.5 Å². The Hall–Kier alpha value is -2.29. The van der Waals surface area contributed by atoms with Gasteiger partial charge < -0.3 is 10.1 Å². The van der Waals surface area contributed by atoms with Crippen molar-refractivity contribution in [3.05, 3.63) is 65.2 Å². The number of para-hydroxylation sites is 1. The van der Waals surface area contributed by atoms with Gasteiger partial charge in [-0.05, 0) is 29.8 Å².